The van der Waals surface area contributed by atoms with Gasteiger partial charge >= 0.3 is 0 Å². The van der Waals surface area contributed by atoms with Crippen molar-refractivity contribution in [3.63, 3.8) is 0 Å². The van der Waals surface area contributed by atoms with Crippen LogP contribution in [-0.2, 0) is 11.6 Å². The number of para-hydroxylation sites is 2. The maximum atomic E-state index is 9.19. The Bertz CT molecular complexity index is 723. The van der Waals surface area contributed by atoms with E-state index in [2.05, 4.69) is 58.4 Å². The summed E-state index contributed by atoms with van der Waals surface area (Å²) in [5.74, 6) is 0. The number of nitrogens with zero attached hydrogens (tertiary/aromatic N) is 1. The van der Waals surface area contributed by atoms with Crippen LogP contribution < -0.4 is 9.46 Å². The molecule has 3 nitrogen and oxygen atoms in total. The largest absolute Gasteiger partial charge is 0.776 e. The third-order valence-corrected chi connectivity index (χ3v) is 3.41. The summed E-state index contributed by atoms with van der Waals surface area (Å²) in [6, 6.07) is 16.4. The summed E-state index contributed by atoms with van der Waals surface area (Å²) < 4.78 is 11.4. The maximum Gasteiger partial charge on any atom is 0.214 e. The highest BCUT2D eigenvalue weighted by Gasteiger charge is 2.14. The summed E-state index contributed by atoms with van der Waals surface area (Å²) in [7, 11) is 2.07. The van der Waals surface area contributed by atoms with Crippen LogP contribution in [0.2, 0.25) is 5.02 Å². The second kappa shape index (κ2) is 6.51. The Hall–Kier alpha value is -0.830. The van der Waals surface area contributed by atoms with Crippen molar-refractivity contribution in [1.29, 1.82) is 0 Å². The normalized spacial score (nSPS) is 11.3. The molecule has 0 aliphatic heterocycles. The van der Waals surface area contributed by atoms with Crippen LogP contribution in [0.4, 0.5) is 0 Å². The smallest absolute Gasteiger partial charge is 0.214 e. The standard InChI is InChI=1S/C14H11ClN.Cl2HO2P/c1-16-12-8-4-2-6-10(12)14(15)11-7-3-5-9-13(11)16;1-5(2,3)4/h2-9H,1H3;(H,3,4)/q+1;/p-1. The monoisotopic (exact) mass is 361 g/mol. The predicted octanol–water partition coefficient (Wildman–Crippen LogP) is 4.40. The second-order valence-corrected chi connectivity index (χ2v) is 8.72. The molecule has 0 aliphatic rings. The SMILES string of the molecule is C[n+]1c2ccccc2c(Cl)c2ccccc21.O=P([O-])(Cl)Cl. The molecule has 0 saturated heterocycles. The first kappa shape index (κ1) is 16.5. The summed E-state index contributed by atoms with van der Waals surface area (Å²) >= 11 is 15.0. The Balaban J connectivity index is 0.000000282. The van der Waals surface area contributed by atoms with Crippen LogP contribution in [-0.4, -0.2) is 0 Å². The van der Waals surface area contributed by atoms with E-state index in [1.54, 1.807) is 0 Å². The number of hydrogen-bond acceptors (Lipinski definition) is 2. The highest BCUT2D eigenvalue weighted by molar-refractivity contribution is 8.03. The van der Waals surface area contributed by atoms with E-state index in [0.717, 1.165) is 26.8 Å². The van der Waals surface area contributed by atoms with E-state index in [1.165, 1.54) is 0 Å². The molecular formula is C14H11Cl3NO2P. The molecule has 3 rings (SSSR count). The zero-order valence-electron chi connectivity index (χ0n) is 11.0. The van der Waals surface area contributed by atoms with Crippen LogP contribution in [0.15, 0.2) is 48.5 Å². The number of fused-ring (bicyclic) bond motifs is 2. The molecule has 0 saturated carbocycles. The molecule has 110 valence electrons. The van der Waals surface area contributed by atoms with Crippen molar-refractivity contribution in [3.8, 4) is 0 Å². The predicted molar refractivity (Wildman–Crippen MR) is 87.0 cm³/mol. The molecule has 0 unspecified atom stereocenters. The van der Waals surface area contributed by atoms with Crippen LogP contribution in [0.5, 0.6) is 0 Å². The fraction of sp³-hybridized carbons (Fsp3) is 0.0714. The summed E-state index contributed by atoms with van der Waals surface area (Å²) in [5.41, 5.74) is 2.32. The molecule has 0 bridgehead atoms. The Morgan fingerprint density at radius 3 is 1.67 bits per heavy atom. The minimum atomic E-state index is -3.94. The van der Waals surface area contributed by atoms with Gasteiger partial charge in [0.1, 0.15) is 7.05 Å². The van der Waals surface area contributed by atoms with Gasteiger partial charge in [-0.05, 0) is 12.1 Å². The number of pyridine rings is 1. The Morgan fingerprint density at radius 2 is 1.29 bits per heavy atom. The van der Waals surface area contributed by atoms with Gasteiger partial charge in [0.2, 0.25) is 11.0 Å². The van der Waals surface area contributed by atoms with Gasteiger partial charge < -0.3 is 9.46 Å². The van der Waals surface area contributed by atoms with Crippen molar-refractivity contribution in [1.82, 2.24) is 0 Å². The maximum absolute atomic E-state index is 9.19. The topological polar surface area (TPSA) is 44.0 Å². The van der Waals surface area contributed by atoms with E-state index in [9.17, 15) is 9.46 Å². The minimum absolute atomic E-state index is 0.837. The number of benzene rings is 2. The Morgan fingerprint density at radius 1 is 0.952 bits per heavy atom. The fourth-order valence-electron chi connectivity index (χ4n) is 2.18. The molecule has 1 aromatic heterocycles. The van der Waals surface area contributed by atoms with Crippen LogP contribution >= 0.6 is 40.2 Å². The zero-order chi connectivity index (χ0) is 15.6. The van der Waals surface area contributed by atoms with Crippen molar-refractivity contribution in [3.05, 3.63) is 53.6 Å². The van der Waals surface area contributed by atoms with E-state index >= 15 is 0 Å². The van der Waals surface area contributed by atoms with Gasteiger partial charge in [-0.1, -0.05) is 58.3 Å². The van der Waals surface area contributed by atoms with Crippen molar-refractivity contribution >= 4 is 62.0 Å². The van der Waals surface area contributed by atoms with Crippen LogP contribution in [0.3, 0.4) is 0 Å². The average Bonchev–Trinajstić information content (AvgIpc) is 2.43. The molecule has 0 spiro atoms. The lowest BCUT2D eigenvalue weighted by Crippen LogP contribution is -2.30. The van der Waals surface area contributed by atoms with E-state index in [4.69, 9.17) is 11.6 Å². The molecule has 2 aromatic carbocycles. The number of aromatic nitrogens is 1. The first-order valence-electron chi connectivity index (χ1n) is 5.94. The summed E-state index contributed by atoms with van der Waals surface area (Å²) in [6.07, 6.45) is -3.94. The van der Waals surface area contributed by atoms with Crippen LogP contribution in [0.1, 0.15) is 0 Å². The average molecular weight is 363 g/mol. The van der Waals surface area contributed by atoms with Gasteiger partial charge in [-0.2, -0.15) is 4.57 Å². The number of aryl methyl sites for hydroxylation is 1. The molecule has 0 fully saturated rings. The quantitative estimate of drug-likeness (QED) is 0.338. The zero-order valence-corrected chi connectivity index (χ0v) is 14.1. The lowest BCUT2D eigenvalue weighted by molar-refractivity contribution is -0.617. The van der Waals surface area contributed by atoms with E-state index in [-0.39, 0.29) is 0 Å². The van der Waals surface area contributed by atoms with Gasteiger partial charge in [0.15, 0.2) is 6.07 Å². The lowest BCUT2D eigenvalue weighted by Gasteiger charge is -2.04. The van der Waals surface area contributed by atoms with Gasteiger partial charge in [0.05, 0.1) is 15.8 Å². The van der Waals surface area contributed by atoms with E-state index in [1.807, 2.05) is 24.3 Å². The van der Waals surface area contributed by atoms with Gasteiger partial charge in [-0.3, -0.25) is 0 Å². The van der Waals surface area contributed by atoms with Crippen molar-refractivity contribution in [2.24, 2.45) is 7.05 Å². The van der Waals surface area contributed by atoms with E-state index < -0.39 is 6.07 Å². The van der Waals surface area contributed by atoms with Crippen LogP contribution in [0, 0.1) is 0 Å². The third-order valence-electron chi connectivity index (χ3n) is 3.00. The summed E-state index contributed by atoms with van der Waals surface area (Å²) in [6.45, 7) is 0. The molecular weight excluding hydrogens is 351 g/mol. The minimum Gasteiger partial charge on any atom is -0.776 e. The summed E-state index contributed by atoms with van der Waals surface area (Å²) in [4.78, 5) is 9.19. The van der Waals surface area contributed by atoms with E-state index in [0.29, 0.717) is 0 Å². The van der Waals surface area contributed by atoms with Crippen molar-refractivity contribution in [2.75, 3.05) is 0 Å². The number of halogens is 3. The number of rotatable bonds is 0. The molecule has 0 N–H and O–H groups in total. The van der Waals surface area contributed by atoms with Gasteiger partial charge in [-0.25, -0.2) is 0 Å². The fourth-order valence-corrected chi connectivity index (χ4v) is 2.50. The summed E-state index contributed by atoms with van der Waals surface area (Å²) in [5, 5.41) is 3.04. The highest BCUT2D eigenvalue weighted by atomic mass is 35.9. The van der Waals surface area contributed by atoms with Gasteiger partial charge in [0, 0.05) is 12.1 Å². The van der Waals surface area contributed by atoms with Gasteiger partial charge in [-0.15, -0.1) is 0 Å². The third kappa shape index (κ3) is 4.09. The Labute approximate surface area is 136 Å². The van der Waals surface area contributed by atoms with Gasteiger partial charge in [0.25, 0.3) is 0 Å². The van der Waals surface area contributed by atoms with Crippen LogP contribution in [0.25, 0.3) is 21.8 Å². The lowest BCUT2D eigenvalue weighted by atomic mass is 10.1. The molecule has 7 heteroatoms. The van der Waals surface area contributed by atoms with Crippen molar-refractivity contribution < 1.29 is 14.0 Å². The second-order valence-electron chi connectivity index (χ2n) is 4.32. The molecule has 21 heavy (non-hydrogen) atoms. The molecule has 0 radical (unpaired) electrons. The molecule has 0 aliphatic carbocycles. The Kier molecular flexibility index (Phi) is 5.13. The first-order chi connectivity index (χ1) is 9.79. The molecule has 0 atom stereocenters. The number of hydrogen-bond donors (Lipinski definition) is 0. The highest BCUT2D eigenvalue weighted by Crippen LogP contribution is 2.46. The molecule has 3 aromatic rings. The molecule has 1 heterocycles. The van der Waals surface area contributed by atoms with Crippen molar-refractivity contribution in [2.45, 2.75) is 0 Å². The molecule has 0 amide bonds. The first-order valence-corrected chi connectivity index (χ1v) is 9.75.